The third kappa shape index (κ3) is 3.61. The van der Waals surface area contributed by atoms with E-state index in [0.717, 1.165) is 27.8 Å². The molecule has 138 valence electrons. The highest BCUT2D eigenvalue weighted by Gasteiger charge is 2.21. The van der Waals surface area contributed by atoms with Crippen LogP contribution in [-0.2, 0) is 16.4 Å². The van der Waals surface area contributed by atoms with Gasteiger partial charge < -0.3 is 0 Å². The maximum atomic E-state index is 12.8. The van der Waals surface area contributed by atoms with Gasteiger partial charge in [-0.1, -0.05) is 6.07 Å². The number of benzene rings is 1. The minimum absolute atomic E-state index is 0.365. The summed E-state index contributed by atoms with van der Waals surface area (Å²) in [6.07, 6.45) is 6.44. The van der Waals surface area contributed by atoms with E-state index < -0.39 is 10.0 Å². The summed E-state index contributed by atoms with van der Waals surface area (Å²) >= 11 is 0. The van der Waals surface area contributed by atoms with Crippen molar-refractivity contribution in [3.63, 3.8) is 0 Å². The van der Waals surface area contributed by atoms with Crippen LogP contribution in [0.25, 0.3) is 5.78 Å². The van der Waals surface area contributed by atoms with Gasteiger partial charge in [0.15, 0.2) is 0 Å². The van der Waals surface area contributed by atoms with E-state index in [1.165, 1.54) is 6.33 Å². The maximum absolute atomic E-state index is 12.8. The highest BCUT2D eigenvalue weighted by molar-refractivity contribution is 7.89. The number of rotatable bonds is 6. The largest absolute Gasteiger partial charge is 0.252 e. The molecule has 0 radical (unpaired) electrons. The summed E-state index contributed by atoms with van der Waals surface area (Å²) in [5, 5.41) is 4.05. The topological polar surface area (TPSA) is 89.2 Å². The summed E-state index contributed by atoms with van der Waals surface area (Å²) in [6.45, 7) is 7.95. The summed E-state index contributed by atoms with van der Waals surface area (Å²) in [4.78, 5) is 8.61. The van der Waals surface area contributed by atoms with Gasteiger partial charge in [0.05, 0.1) is 4.90 Å². The van der Waals surface area contributed by atoms with Crippen LogP contribution in [-0.4, -0.2) is 34.5 Å². The average Bonchev–Trinajstić information content (AvgIpc) is 3.05. The SMILES string of the molecule is Cc1cc(C)c(C)c(S(=O)(=O)NCCCc2cnc3ncnn3c2)c1C. The molecule has 0 aliphatic rings. The Morgan fingerprint density at radius 2 is 1.77 bits per heavy atom. The number of hydrogen-bond acceptors (Lipinski definition) is 5. The second-order valence-corrected chi connectivity index (χ2v) is 8.26. The van der Waals surface area contributed by atoms with Gasteiger partial charge in [-0.2, -0.15) is 10.1 Å². The minimum Gasteiger partial charge on any atom is -0.219 e. The molecule has 3 aromatic rings. The molecular weight excluding hydrogens is 350 g/mol. The molecule has 2 aromatic heterocycles. The van der Waals surface area contributed by atoms with E-state index in [-0.39, 0.29) is 0 Å². The lowest BCUT2D eigenvalue weighted by Crippen LogP contribution is -2.27. The Hall–Kier alpha value is -2.32. The average molecular weight is 373 g/mol. The van der Waals surface area contributed by atoms with Crippen LogP contribution < -0.4 is 4.72 Å². The molecule has 3 rings (SSSR count). The first-order chi connectivity index (χ1) is 12.3. The van der Waals surface area contributed by atoms with E-state index in [2.05, 4.69) is 19.8 Å². The molecule has 0 amide bonds. The summed E-state index contributed by atoms with van der Waals surface area (Å²) in [5.74, 6) is 0.551. The van der Waals surface area contributed by atoms with Gasteiger partial charge >= 0.3 is 0 Å². The summed E-state index contributed by atoms with van der Waals surface area (Å²) in [7, 11) is -3.54. The fourth-order valence-electron chi connectivity index (χ4n) is 3.04. The number of hydrogen-bond donors (Lipinski definition) is 1. The first-order valence-electron chi connectivity index (χ1n) is 8.51. The van der Waals surface area contributed by atoms with Crippen molar-refractivity contribution in [2.75, 3.05) is 6.54 Å². The Balaban J connectivity index is 1.67. The molecule has 0 aliphatic carbocycles. The van der Waals surface area contributed by atoms with Crippen molar-refractivity contribution in [1.82, 2.24) is 24.3 Å². The van der Waals surface area contributed by atoms with Crippen LogP contribution in [0.2, 0.25) is 0 Å². The van der Waals surface area contributed by atoms with Crippen LogP contribution in [0.15, 0.2) is 29.7 Å². The van der Waals surface area contributed by atoms with E-state index in [4.69, 9.17) is 0 Å². The molecule has 0 atom stereocenters. The first kappa shape index (κ1) is 18.5. The zero-order chi connectivity index (χ0) is 18.9. The highest BCUT2D eigenvalue weighted by Crippen LogP contribution is 2.25. The number of fused-ring (bicyclic) bond motifs is 1. The Morgan fingerprint density at radius 1 is 1.08 bits per heavy atom. The van der Waals surface area contributed by atoms with Gasteiger partial charge in [0.2, 0.25) is 10.0 Å². The lowest BCUT2D eigenvalue weighted by Gasteiger charge is -2.16. The van der Waals surface area contributed by atoms with Gasteiger partial charge in [-0.25, -0.2) is 22.6 Å². The van der Waals surface area contributed by atoms with E-state index in [9.17, 15) is 8.42 Å². The van der Waals surface area contributed by atoms with Gasteiger partial charge in [0.1, 0.15) is 6.33 Å². The molecule has 1 N–H and O–H groups in total. The number of aromatic nitrogens is 4. The second-order valence-electron chi connectivity index (χ2n) is 6.56. The predicted octanol–water partition coefficient (Wildman–Crippen LogP) is 2.27. The standard InChI is InChI=1S/C18H23N5O2S/c1-12-8-13(2)15(4)17(14(12)3)26(24,25)22-7-5-6-16-9-19-18-20-11-21-23(18)10-16/h8-11,22H,5-7H2,1-4H3. The highest BCUT2D eigenvalue weighted by atomic mass is 32.2. The lowest BCUT2D eigenvalue weighted by atomic mass is 10.0. The third-order valence-corrected chi connectivity index (χ3v) is 6.42. The fraction of sp³-hybridized carbons (Fsp3) is 0.389. The zero-order valence-corrected chi connectivity index (χ0v) is 16.3. The monoisotopic (exact) mass is 373 g/mol. The van der Waals surface area contributed by atoms with E-state index in [0.29, 0.717) is 30.1 Å². The fourth-order valence-corrected chi connectivity index (χ4v) is 4.73. The van der Waals surface area contributed by atoms with Crippen LogP contribution >= 0.6 is 0 Å². The summed E-state index contributed by atoms with van der Waals surface area (Å²) in [5.41, 5.74) is 4.57. The first-order valence-corrected chi connectivity index (χ1v) is 9.99. The van der Waals surface area contributed by atoms with Gasteiger partial charge in [-0.3, -0.25) is 0 Å². The molecule has 0 spiro atoms. The van der Waals surface area contributed by atoms with Crippen molar-refractivity contribution in [2.45, 2.75) is 45.4 Å². The Bertz CT molecular complexity index is 1030. The summed E-state index contributed by atoms with van der Waals surface area (Å²) < 4.78 is 29.9. The molecule has 0 bridgehead atoms. The van der Waals surface area contributed by atoms with Crippen LogP contribution in [0.3, 0.4) is 0 Å². The van der Waals surface area contributed by atoms with Gasteiger partial charge in [-0.15, -0.1) is 0 Å². The molecule has 0 aliphatic heterocycles. The normalized spacial score (nSPS) is 12.0. The molecule has 0 saturated heterocycles. The molecule has 0 saturated carbocycles. The molecule has 26 heavy (non-hydrogen) atoms. The number of nitrogens with one attached hydrogen (secondary N) is 1. The zero-order valence-electron chi connectivity index (χ0n) is 15.4. The number of aryl methyl sites for hydroxylation is 3. The summed E-state index contributed by atoms with van der Waals surface area (Å²) in [6, 6.07) is 2.02. The van der Waals surface area contributed by atoms with Crippen LogP contribution in [0, 0.1) is 27.7 Å². The Morgan fingerprint density at radius 3 is 2.46 bits per heavy atom. The minimum atomic E-state index is -3.54. The maximum Gasteiger partial charge on any atom is 0.252 e. The van der Waals surface area contributed by atoms with Gasteiger partial charge in [-0.05, 0) is 68.4 Å². The molecule has 1 aromatic carbocycles. The Kier molecular flexibility index (Phi) is 5.06. The van der Waals surface area contributed by atoms with Crippen molar-refractivity contribution >= 4 is 15.8 Å². The smallest absolute Gasteiger partial charge is 0.219 e. The molecule has 8 heteroatoms. The van der Waals surface area contributed by atoms with Crippen LogP contribution in [0.5, 0.6) is 0 Å². The van der Waals surface area contributed by atoms with E-state index in [1.807, 2.05) is 40.0 Å². The molecule has 2 heterocycles. The van der Waals surface area contributed by atoms with Crippen molar-refractivity contribution < 1.29 is 8.42 Å². The third-order valence-electron chi connectivity index (χ3n) is 4.69. The van der Waals surface area contributed by atoms with Crippen molar-refractivity contribution in [2.24, 2.45) is 0 Å². The van der Waals surface area contributed by atoms with Gasteiger partial charge in [0.25, 0.3) is 5.78 Å². The second kappa shape index (κ2) is 7.13. The van der Waals surface area contributed by atoms with Crippen molar-refractivity contribution in [3.8, 4) is 0 Å². The van der Waals surface area contributed by atoms with E-state index >= 15 is 0 Å². The number of nitrogens with zero attached hydrogens (tertiary/aromatic N) is 4. The Labute approximate surface area is 153 Å². The molecule has 7 nitrogen and oxygen atoms in total. The van der Waals surface area contributed by atoms with Crippen molar-refractivity contribution in [1.29, 1.82) is 0 Å². The van der Waals surface area contributed by atoms with Gasteiger partial charge in [0, 0.05) is 18.9 Å². The van der Waals surface area contributed by atoms with E-state index in [1.54, 1.807) is 10.7 Å². The molecular formula is C18H23N5O2S. The molecule has 0 unspecified atom stereocenters. The van der Waals surface area contributed by atoms with Crippen LogP contribution in [0.4, 0.5) is 0 Å². The predicted molar refractivity (Wildman–Crippen MR) is 99.7 cm³/mol. The molecule has 0 fully saturated rings. The van der Waals surface area contributed by atoms with Crippen molar-refractivity contribution in [3.05, 3.63) is 52.6 Å². The van der Waals surface area contributed by atoms with Crippen LogP contribution in [0.1, 0.15) is 34.2 Å². The number of sulfonamides is 1. The quantitative estimate of drug-likeness (QED) is 0.670. The lowest BCUT2D eigenvalue weighted by molar-refractivity contribution is 0.577.